The van der Waals surface area contributed by atoms with Crippen molar-refractivity contribution in [2.75, 3.05) is 24.7 Å². The van der Waals surface area contributed by atoms with Crippen molar-refractivity contribution in [2.24, 2.45) is 0 Å². The highest BCUT2D eigenvalue weighted by molar-refractivity contribution is 6.05. The number of para-hydroxylation sites is 3. The van der Waals surface area contributed by atoms with Crippen LogP contribution in [0.1, 0.15) is 38.1 Å². The summed E-state index contributed by atoms with van der Waals surface area (Å²) < 4.78 is 62.3. The molecule has 0 spiro atoms. The van der Waals surface area contributed by atoms with Gasteiger partial charge in [0, 0.05) is 24.5 Å². The molecule has 7 rings (SSSR count). The molecule has 2 aliphatic heterocycles. The molecular weight excluding hydrogens is 555 g/mol. The molecule has 5 aromatic rings. The molecule has 0 aliphatic carbocycles. The molecule has 1 unspecified atom stereocenters. The molecule has 2 saturated heterocycles. The Kier molecular flexibility index (Phi) is 7.58. The van der Waals surface area contributed by atoms with Gasteiger partial charge in [-0.3, -0.25) is 9.36 Å². The maximum absolute atomic E-state index is 15.0. The largest absolute Gasteiger partial charge is 0.483 e. The van der Waals surface area contributed by atoms with Crippen molar-refractivity contribution < 1.29 is 37.0 Å². The van der Waals surface area contributed by atoms with E-state index in [-0.39, 0.29) is 25.2 Å². The topological polar surface area (TPSA) is 116 Å². The van der Waals surface area contributed by atoms with Crippen LogP contribution in [-0.4, -0.2) is 69.2 Å². The first-order chi connectivity index (χ1) is 20.4. The number of hydrogen-bond acceptors (Lipinski definition) is 8. The summed E-state index contributed by atoms with van der Waals surface area (Å²) in [4.78, 5) is 23.3. The number of aromatic nitrogens is 4. The first kappa shape index (κ1) is 27.8. The number of benzene rings is 2. The van der Waals surface area contributed by atoms with Gasteiger partial charge in [0.15, 0.2) is 17.2 Å². The smallest absolute Gasteiger partial charge is 0.298 e. The van der Waals surface area contributed by atoms with Gasteiger partial charge >= 0.3 is 0 Å². The predicted molar refractivity (Wildman–Crippen MR) is 148 cm³/mol. The Balaban J connectivity index is 0.00000101. The van der Waals surface area contributed by atoms with Crippen LogP contribution in [0.2, 0.25) is 0 Å². The van der Waals surface area contributed by atoms with Crippen LogP contribution in [0, 0.1) is 0 Å². The molecule has 220 valence electrons. The van der Waals surface area contributed by atoms with E-state index < -0.39 is 24.5 Å². The lowest BCUT2D eigenvalue weighted by Gasteiger charge is -2.29. The zero-order chi connectivity index (χ0) is 29.4. The number of carboxylic acid groups (broad SMARTS) is 1. The number of alkyl halides is 3. The normalized spacial score (nSPS) is 22.5. The summed E-state index contributed by atoms with van der Waals surface area (Å²) in [5.41, 5.74) is 2.79. The molecule has 0 bridgehead atoms. The number of fused-ring (bicyclic) bond motifs is 4. The summed E-state index contributed by atoms with van der Waals surface area (Å²) in [7, 11) is 0. The fourth-order valence-electron chi connectivity index (χ4n) is 5.81. The number of imidazole rings is 1. The number of rotatable bonds is 5. The molecular formula is C29H28F3N5O5. The van der Waals surface area contributed by atoms with Crippen molar-refractivity contribution in [3.8, 4) is 6.01 Å². The van der Waals surface area contributed by atoms with Crippen molar-refractivity contribution in [3.63, 3.8) is 0 Å². The molecule has 0 radical (unpaired) electrons. The summed E-state index contributed by atoms with van der Waals surface area (Å²) in [5.74, 6) is -0.234. The highest BCUT2D eigenvalue weighted by Gasteiger charge is 2.37. The third-order valence-electron chi connectivity index (χ3n) is 7.64. The van der Waals surface area contributed by atoms with E-state index in [2.05, 4.69) is 9.97 Å². The van der Waals surface area contributed by atoms with Gasteiger partial charge in [0.25, 0.3) is 18.9 Å². The van der Waals surface area contributed by atoms with E-state index in [4.69, 9.17) is 28.8 Å². The number of anilines is 1. The molecule has 0 saturated carbocycles. The number of hydrogen-bond donors (Lipinski definition) is 1. The standard InChI is InChI=1S/C28H26F3N5O3.CH2O2/c1-15-12-16(38-28-32-19-7-3-4-8-21(19)36(28)20-10-11-37-14-18(20)29)13-35(15)27-24-23(33-26(34-27)25(30)31)17-6-2-5-9-22(17)39-24;2-1-3/h2-9,15-16,18,20,25H,10-14H2,1H3;1H,(H,2,3)/t15-,16+,18?,20-;/m1./s1. The van der Waals surface area contributed by atoms with Crippen LogP contribution in [0.25, 0.3) is 33.1 Å². The van der Waals surface area contributed by atoms with Gasteiger partial charge in [-0.2, -0.15) is 4.98 Å². The van der Waals surface area contributed by atoms with Gasteiger partial charge in [0.1, 0.15) is 23.4 Å². The Morgan fingerprint density at radius 2 is 1.88 bits per heavy atom. The van der Waals surface area contributed by atoms with Crippen molar-refractivity contribution >= 4 is 45.4 Å². The van der Waals surface area contributed by atoms with Crippen LogP contribution in [-0.2, 0) is 9.53 Å². The first-order valence-corrected chi connectivity index (χ1v) is 13.6. The number of ether oxygens (including phenoxy) is 2. The van der Waals surface area contributed by atoms with Crippen molar-refractivity contribution in [1.82, 2.24) is 19.5 Å². The SMILES string of the molecule is C[C@@H]1C[C@H](Oc2nc3ccccc3n2[C@@H]2CCOCC2F)CN1c1nc(C(F)F)nc2c1oc1ccccc12.O=CO. The molecule has 42 heavy (non-hydrogen) atoms. The van der Waals surface area contributed by atoms with Gasteiger partial charge in [-0.05, 0) is 37.6 Å². The van der Waals surface area contributed by atoms with Gasteiger partial charge in [0.2, 0.25) is 0 Å². The second-order valence-corrected chi connectivity index (χ2v) is 10.3. The lowest BCUT2D eigenvalue weighted by atomic mass is 10.1. The third kappa shape index (κ3) is 4.97. The first-order valence-electron chi connectivity index (χ1n) is 13.6. The minimum absolute atomic E-state index is 0.0263. The zero-order valence-corrected chi connectivity index (χ0v) is 22.6. The average Bonchev–Trinajstić information content (AvgIpc) is 3.66. The van der Waals surface area contributed by atoms with Crippen LogP contribution in [0.4, 0.5) is 19.0 Å². The van der Waals surface area contributed by atoms with E-state index in [0.717, 1.165) is 11.0 Å². The van der Waals surface area contributed by atoms with Gasteiger partial charge < -0.3 is 23.9 Å². The Morgan fingerprint density at radius 3 is 2.67 bits per heavy atom. The van der Waals surface area contributed by atoms with Crippen molar-refractivity contribution in [2.45, 2.75) is 50.6 Å². The molecule has 1 N–H and O–H groups in total. The number of halogens is 3. The van der Waals surface area contributed by atoms with Crippen molar-refractivity contribution in [3.05, 3.63) is 54.4 Å². The van der Waals surface area contributed by atoms with Gasteiger partial charge in [-0.1, -0.05) is 24.3 Å². The third-order valence-corrected chi connectivity index (χ3v) is 7.64. The molecule has 13 heteroatoms. The Morgan fingerprint density at radius 1 is 1.12 bits per heavy atom. The quantitative estimate of drug-likeness (QED) is 0.260. The highest BCUT2D eigenvalue weighted by atomic mass is 19.3. The average molecular weight is 584 g/mol. The van der Waals surface area contributed by atoms with Crippen LogP contribution >= 0.6 is 0 Å². The number of nitrogens with zero attached hydrogens (tertiary/aromatic N) is 5. The number of furan rings is 1. The van der Waals surface area contributed by atoms with E-state index in [1.54, 1.807) is 12.1 Å². The van der Waals surface area contributed by atoms with E-state index in [1.807, 2.05) is 52.8 Å². The van der Waals surface area contributed by atoms with E-state index in [1.165, 1.54) is 0 Å². The molecule has 3 aromatic heterocycles. The minimum atomic E-state index is -2.83. The van der Waals surface area contributed by atoms with Crippen LogP contribution in [0.5, 0.6) is 6.01 Å². The van der Waals surface area contributed by atoms with Gasteiger partial charge in [-0.25, -0.2) is 23.1 Å². The van der Waals surface area contributed by atoms with E-state index >= 15 is 0 Å². The highest BCUT2D eigenvalue weighted by Crippen LogP contribution is 2.39. The van der Waals surface area contributed by atoms with Crippen LogP contribution < -0.4 is 9.64 Å². The zero-order valence-electron chi connectivity index (χ0n) is 22.6. The molecule has 2 aliphatic rings. The maximum Gasteiger partial charge on any atom is 0.298 e. The van der Waals surface area contributed by atoms with Crippen molar-refractivity contribution in [1.29, 1.82) is 0 Å². The monoisotopic (exact) mass is 583 g/mol. The maximum atomic E-state index is 15.0. The Hall–Kier alpha value is -4.39. The van der Waals surface area contributed by atoms with Gasteiger partial charge in [-0.15, -0.1) is 0 Å². The number of carbonyl (C=O) groups is 1. The van der Waals surface area contributed by atoms with E-state index in [0.29, 0.717) is 59.9 Å². The van der Waals surface area contributed by atoms with Gasteiger partial charge in [0.05, 0.1) is 30.2 Å². The van der Waals surface area contributed by atoms with Crippen LogP contribution in [0.3, 0.4) is 0 Å². The molecule has 2 aromatic carbocycles. The molecule has 5 heterocycles. The fourth-order valence-corrected chi connectivity index (χ4v) is 5.81. The predicted octanol–water partition coefficient (Wildman–Crippen LogP) is 5.71. The molecule has 0 amide bonds. The molecule has 2 fully saturated rings. The summed E-state index contributed by atoms with van der Waals surface area (Å²) in [6.45, 7) is 2.58. The minimum Gasteiger partial charge on any atom is -0.483 e. The van der Waals surface area contributed by atoms with Crippen LogP contribution in [0.15, 0.2) is 52.9 Å². The molecule has 4 atom stereocenters. The Bertz CT molecular complexity index is 1730. The molecule has 10 nitrogen and oxygen atoms in total. The van der Waals surface area contributed by atoms with E-state index in [9.17, 15) is 13.2 Å². The summed E-state index contributed by atoms with van der Waals surface area (Å²) in [5, 5.41) is 7.55. The lowest BCUT2D eigenvalue weighted by Crippen LogP contribution is -2.33. The second-order valence-electron chi connectivity index (χ2n) is 10.3. The fraction of sp³-hybridized carbons (Fsp3) is 0.379. The lowest BCUT2D eigenvalue weighted by molar-refractivity contribution is -0.122. The Labute approximate surface area is 237 Å². The summed E-state index contributed by atoms with van der Waals surface area (Å²) >= 11 is 0. The summed E-state index contributed by atoms with van der Waals surface area (Å²) in [6.07, 6.45) is -3.26. The second kappa shape index (κ2) is 11.5. The summed E-state index contributed by atoms with van der Waals surface area (Å²) in [6, 6.07) is 14.6.